The molecule has 13 heteroatoms. The Morgan fingerprint density at radius 2 is 1.00 bits per heavy atom. The summed E-state index contributed by atoms with van der Waals surface area (Å²) < 4.78 is 9.06. The Kier molecular flexibility index (Phi) is 17800. The number of rotatable bonds is 1. The van der Waals surface area contributed by atoms with Gasteiger partial charge in [0.2, 0.25) is 0 Å². The van der Waals surface area contributed by atoms with Gasteiger partial charge in [-0.2, -0.15) is 4.33 Å². The van der Waals surface area contributed by atoms with Gasteiger partial charge in [0, 0.05) is 22.8 Å². The van der Waals surface area contributed by atoms with Crippen LogP contribution in [0.15, 0.2) is 0 Å². The molecule has 0 fully saturated rings. The summed E-state index contributed by atoms with van der Waals surface area (Å²) >= 11 is 3.01. The Morgan fingerprint density at radius 1 is 0.923 bits per heavy atom. The van der Waals surface area contributed by atoms with Gasteiger partial charge >= 0.3 is 0 Å². The Morgan fingerprint density at radius 3 is 1.00 bits per heavy atom. The highest BCUT2D eigenvalue weighted by Gasteiger charge is 1.28. The zero-order valence-electron chi connectivity index (χ0n) is 6.87. The first-order valence-corrected chi connectivity index (χ1v) is 1.28. The Labute approximate surface area is 78.0 Å². The summed E-state index contributed by atoms with van der Waals surface area (Å²) in [5, 5.41) is 27.2. The molecular formula is H14O12S. The van der Waals surface area contributed by atoms with Crippen LogP contribution in [0.4, 0.5) is 0 Å². The Hall–Kier alpha value is -0.450. The highest BCUT2D eigenvalue weighted by atomic mass is 32.1. The molecule has 0 amide bonds. The van der Waals surface area contributed by atoms with Crippen LogP contribution in [0.1, 0.15) is 0 Å². The minimum absolute atomic E-state index is 0. The average Bonchev–Trinajstić information content (AvgIpc) is 2.14. The van der Waals surface area contributed by atoms with E-state index in [1.807, 2.05) is 0 Å². The second kappa shape index (κ2) is 4250. The van der Waals surface area contributed by atoms with E-state index >= 15 is 0 Å². The molecule has 0 rings (SSSR count). The van der Waals surface area contributed by atoms with E-state index in [1.54, 1.807) is 0 Å². The summed E-state index contributed by atoms with van der Waals surface area (Å²) in [6, 6.07) is 0. The van der Waals surface area contributed by atoms with Crippen LogP contribution in [0.3, 0.4) is 0 Å². The molecule has 0 atom stereocenters. The quantitative estimate of drug-likeness (QED) is 0.119. The lowest BCUT2D eigenvalue weighted by atomic mass is 15.0. The summed E-state index contributed by atoms with van der Waals surface area (Å²) in [7, 11) is 0. The van der Waals surface area contributed by atoms with E-state index in [0.29, 0.717) is 0 Å². The van der Waals surface area contributed by atoms with Crippen molar-refractivity contribution in [1.29, 1.82) is 1.43 Å². The van der Waals surface area contributed by atoms with Gasteiger partial charge < -0.3 is 21.9 Å². The molecule has 0 aromatic rings. The lowest BCUT2D eigenvalue weighted by Crippen LogP contribution is -1.43. The Balaban J connectivity index is -0.00000000550. The third-order valence-corrected chi connectivity index (χ3v) is 0. The van der Waals surface area contributed by atoms with E-state index < -0.39 is 0 Å². The summed E-state index contributed by atoms with van der Waals surface area (Å²) in [5.41, 5.74) is 0. The van der Waals surface area contributed by atoms with Crippen LogP contribution in [0.5, 0.6) is 0 Å². The van der Waals surface area contributed by atoms with Crippen molar-refractivity contribution in [2.24, 2.45) is 0 Å². The SMILES string of the molecule is O.O.O.O.O=O.OO.OO.[3H]OOS. The zero-order chi connectivity index (χ0) is 9.41. The number of thiol groups is 1. The predicted octanol–water partition coefficient (Wildman–Crippen LogP) is -2.88. The van der Waals surface area contributed by atoms with Crippen LogP contribution >= 0.6 is 12.9 Å². The molecule has 0 aliphatic heterocycles. The third kappa shape index (κ3) is 5200. The largest absolute Gasteiger partial charge is 0.412 e. The van der Waals surface area contributed by atoms with E-state index in [-0.39, 0.29) is 21.9 Å². The van der Waals surface area contributed by atoms with Gasteiger partial charge in [0.15, 0.2) is 0 Å². The molecule has 0 saturated heterocycles. The fourth-order valence-electron chi connectivity index (χ4n) is 0. The molecule has 0 spiro atoms. The normalized spacial score (nSPS) is 3.62. The minimum atomic E-state index is 0. The van der Waals surface area contributed by atoms with Gasteiger partial charge in [-0.1, -0.05) is 0 Å². The van der Waals surface area contributed by atoms with Crippen molar-refractivity contribution in [3.05, 3.63) is 9.93 Å². The molecule has 13 N–H and O–H groups in total. The average molecular weight is 240 g/mol. The van der Waals surface area contributed by atoms with Crippen molar-refractivity contribution in [3.63, 3.8) is 0 Å². The number of hydrogen-bond donors (Lipinski definition) is 6. The lowest BCUT2D eigenvalue weighted by Gasteiger charge is -1.56. The van der Waals surface area contributed by atoms with Crippen molar-refractivity contribution < 1.29 is 52.5 Å². The molecule has 0 heterocycles. The van der Waals surface area contributed by atoms with E-state index in [4.69, 9.17) is 32.4 Å². The van der Waals surface area contributed by atoms with Crippen molar-refractivity contribution in [2.75, 3.05) is 0 Å². The van der Waals surface area contributed by atoms with Gasteiger partial charge in [0.25, 0.3) is 1.43 Å². The van der Waals surface area contributed by atoms with E-state index in [9.17, 15) is 0 Å². The highest BCUT2D eigenvalue weighted by molar-refractivity contribution is 7.74. The summed E-state index contributed by atoms with van der Waals surface area (Å²) in [4.78, 5) is 14.0. The Bertz CT molecular complexity index is 17.8. The molecule has 92 valence electrons. The lowest BCUT2D eigenvalue weighted by molar-refractivity contribution is -0.176. The molecule has 12 nitrogen and oxygen atoms in total. The second-order valence-corrected chi connectivity index (χ2v) is 0.224. The molecule has 0 radical (unpaired) electrons. The summed E-state index contributed by atoms with van der Waals surface area (Å²) in [5.74, 6) is 0. The predicted molar refractivity (Wildman–Crippen MR) is 44.4 cm³/mol. The van der Waals surface area contributed by atoms with Crippen molar-refractivity contribution in [2.45, 2.75) is 0 Å². The monoisotopic (exact) mass is 240 g/mol. The third-order valence-electron chi connectivity index (χ3n) is 0. The van der Waals surface area contributed by atoms with Gasteiger partial charge in [-0.3, -0.25) is 21.0 Å². The van der Waals surface area contributed by atoms with Crippen LogP contribution in [-0.2, 0) is 4.33 Å². The van der Waals surface area contributed by atoms with Crippen molar-refractivity contribution in [3.8, 4) is 0 Å². The van der Waals surface area contributed by atoms with Crippen molar-refractivity contribution in [1.82, 2.24) is 0 Å². The molecule has 0 aliphatic rings. The van der Waals surface area contributed by atoms with Gasteiger partial charge in [-0.05, 0) is 0 Å². The first kappa shape index (κ1) is 54.4. The van der Waals surface area contributed by atoms with Gasteiger partial charge in [0.05, 0.1) is 0 Å². The minimum Gasteiger partial charge on any atom is -0.412 e. The van der Waals surface area contributed by atoms with Crippen LogP contribution < -0.4 is 0 Å². The topological polar surface area (TPSA) is 271 Å². The van der Waals surface area contributed by atoms with E-state index in [1.165, 1.54) is 0 Å². The van der Waals surface area contributed by atoms with Gasteiger partial charge in [-0.15, -0.1) is 0 Å². The fraction of sp³-hybridized carbons (Fsp3) is 0. The first-order chi connectivity index (χ1) is 4.91. The highest BCUT2D eigenvalue weighted by Crippen LogP contribution is 1.56. The number of hydrogen-bond acceptors (Lipinski definition) is 9. The molecule has 0 saturated carbocycles. The maximum Gasteiger partial charge on any atom is 0.256 e. The smallest absolute Gasteiger partial charge is 0.256 e. The van der Waals surface area contributed by atoms with Crippen LogP contribution in [0.25, 0.3) is 1.43 Å². The molecule has 0 aromatic carbocycles. The van der Waals surface area contributed by atoms with Gasteiger partial charge in [-0.25, -0.2) is 5.26 Å². The zero-order valence-corrected chi connectivity index (χ0v) is 6.76. The molecular weight excluding hydrogens is 224 g/mol. The second-order valence-electron chi connectivity index (χ2n) is 0.0745. The maximum atomic E-state index is 7.00. The van der Waals surface area contributed by atoms with Crippen LogP contribution in [0.2, 0.25) is 0 Å². The molecule has 0 aromatic heterocycles. The standard InChI is InChI=1S/H2O2S.2H2O2.O2.4H2O/c1-2-3;3*1-2;;;;/h1,3H;2*1-2H;;4*1H2/i/hT. The molecule has 0 unspecified atom stereocenters. The van der Waals surface area contributed by atoms with Crippen molar-refractivity contribution >= 4 is 12.9 Å². The van der Waals surface area contributed by atoms with Gasteiger partial charge in [0.1, 0.15) is 0 Å². The molecule has 0 aliphatic carbocycles. The summed E-state index contributed by atoms with van der Waals surface area (Å²) in [6.07, 6.45) is 0. The molecule has 0 bridgehead atoms. The van der Waals surface area contributed by atoms with Crippen LogP contribution in [0, 0.1) is 9.93 Å². The first-order valence-electron chi connectivity index (χ1n) is 1.32. The van der Waals surface area contributed by atoms with E-state index in [0.717, 1.165) is 0 Å². The summed E-state index contributed by atoms with van der Waals surface area (Å²) in [6.45, 7) is 0. The van der Waals surface area contributed by atoms with Crippen LogP contribution in [-0.4, -0.2) is 48.2 Å². The van der Waals surface area contributed by atoms with E-state index in [2.05, 4.69) is 22.5 Å². The molecule has 13 heavy (non-hydrogen) atoms. The fourth-order valence-corrected chi connectivity index (χ4v) is 0. The maximum absolute atomic E-state index is 7.00.